The van der Waals surface area contributed by atoms with Gasteiger partial charge in [-0.2, -0.15) is 5.21 Å². The second-order valence-corrected chi connectivity index (χ2v) is 3.41. The van der Waals surface area contributed by atoms with Gasteiger partial charge >= 0.3 is 0 Å². The fourth-order valence-corrected chi connectivity index (χ4v) is 1.34. The number of hydrogen-bond acceptors (Lipinski definition) is 5. The van der Waals surface area contributed by atoms with Gasteiger partial charge in [-0.15, -0.1) is 0 Å². The second-order valence-electron chi connectivity index (χ2n) is 3.05. The van der Waals surface area contributed by atoms with Crippen molar-refractivity contribution in [1.82, 2.24) is 20.2 Å². The van der Waals surface area contributed by atoms with E-state index in [0.29, 0.717) is 17.7 Å². The van der Waals surface area contributed by atoms with Gasteiger partial charge in [-0.1, -0.05) is 10.3 Å². The van der Waals surface area contributed by atoms with E-state index in [9.17, 15) is 0 Å². The molecular weight excluding hydrogens is 216 g/mol. The third-order valence-electron chi connectivity index (χ3n) is 1.96. The van der Waals surface area contributed by atoms with Gasteiger partial charge in [0.1, 0.15) is 0 Å². The zero-order valence-electron chi connectivity index (χ0n) is 12.0. The first kappa shape index (κ1) is 6.72. The zero-order valence-corrected chi connectivity index (χ0v) is 8.79. The van der Waals surface area contributed by atoms with E-state index >= 15 is 0 Å². The molecule has 0 bridgehead atoms. The summed E-state index contributed by atoms with van der Waals surface area (Å²) < 4.78 is 42.1. The average molecular weight is 234 g/mol. The van der Waals surface area contributed by atoms with Crippen LogP contribution in [0, 0.1) is 4.77 Å². The molecule has 84 valence electrons. The maximum atomic E-state index is 7.84. The number of aryl methyl sites for hydroxylation is 1. The summed E-state index contributed by atoms with van der Waals surface area (Å²) in [6.07, 6.45) is 1.52. The lowest BCUT2D eigenvalue weighted by atomic mass is 10.2. The largest absolute Gasteiger partial charge is 0.353 e. The first-order valence-corrected chi connectivity index (χ1v) is 5.05. The van der Waals surface area contributed by atoms with Crippen molar-refractivity contribution in [3.63, 3.8) is 0 Å². The third-order valence-corrected chi connectivity index (χ3v) is 2.22. The molecule has 15 heavy (non-hydrogen) atoms. The maximum absolute atomic E-state index is 7.84. The van der Waals surface area contributed by atoms with Gasteiger partial charge in [0.05, 0.1) is 18.5 Å². The van der Waals surface area contributed by atoms with E-state index in [-0.39, 0.29) is 4.77 Å². The third kappa shape index (κ3) is 3.08. The molecule has 1 aliphatic rings. The highest BCUT2D eigenvalue weighted by Gasteiger charge is 2.13. The van der Waals surface area contributed by atoms with E-state index in [4.69, 9.17) is 27.2 Å². The Kier molecular flexibility index (Phi) is 2.39. The molecule has 1 aromatic heterocycles. The zero-order chi connectivity index (χ0) is 14.1. The quantitative estimate of drug-likeness (QED) is 0.783. The summed E-state index contributed by atoms with van der Waals surface area (Å²) in [5.41, 5.74) is 0. The molecule has 0 aliphatic carbocycles. The van der Waals surface area contributed by atoms with Crippen molar-refractivity contribution in [1.29, 1.82) is 0 Å². The van der Waals surface area contributed by atoms with Crippen LogP contribution >= 0.6 is 12.2 Å². The first-order valence-electron chi connectivity index (χ1n) is 6.64. The fraction of sp³-hybridized carbons (Fsp3) is 0.875. The second kappa shape index (κ2) is 5.34. The molecule has 2 rings (SSSR count). The van der Waals surface area contributed by atoms with Crippen LogP contribution in [0.15, 0.2) is 0 Å². The lowest BCUT2D eigenvalue weighted by molar-refractivity contribution is -0.163. The summed E-state index contributed by atoms with van der Waals surface area (Å²) in [5.74, 6) is 0. The molecule has 0 amide bonds. The Labute approximate surface area is 98.2 Å². The lowest BCUT2D eigenvalue weighted by Crippen LogP contribution is -2.24. The van der Waals surface area contributed by atoms with Crippen molar-refractivity contribution >= 4 is 12.2 Å². The van der Waals surface area contributed by atoms with E-state index in [1.807, 2.05) is 0 Å². The number of rotatable bonds is 4. The van der Waals surface area contributed by atoms with Crippen molar-refractivity contribution in [3.05, 3.63) is 4.77 Å². The molecule has 1 aromatic rings. The highest BCUT2D eigenvalue weighted by atomic mass is 32.1. The highest BCUT2D eigenvalue weighted by molar-refractivity contribution is 7.71. The van der Waals surface area contributed by atoms with E-state index in [1.165, 1.54) is 0 Å². The number of ether oxygens (including phenoxy) is 2. The van der Waals surface area contributed by atoms with Crippen LogP contribution in [0.1, 0.15) is 24.7 Å². The van der Waals surface area contributed by atoms with Crippen LogP contribution in [0.3, 0.4) is 0 Å². The van der Waals surface area contributed by atoms with Gasteiger partial charge in [-0.3, -0.25) is 0 Å². The van der Waals surface area contributed by atoms with Gasteiger partial charge in [0, 0.05) is 6.61 Å². The molecule has 1 saturated heterocycles. The van der Waals surface area contributed by atoms with Gasteiger partial charge < -0.3 is 9.47 Å². The molecule has 1 atom stereocenters. The molecule has 6 nitrogen and oxygen atoms in total. The van der Waals surface area contributed by atoms with Crippen LogP contribution in [0.5, 0.6) is 0 Å². The van der Waals surface area contributed by atoms with Crippen molar-refractivity contribution in [2.75, 3.05) is 13.2 Å². The number of nitrogens with one attached hydrogen (secondary N) is 1. The summed E-state index contributed by atoms with van der Waals surface area (Å²) in [6.45, 7) is -4.73. The molecule has 2 heterocycles. The lowest BCUT2D eigenvalue weighted by Gasteiger charge is -2.22. The predicted octanol–water partition coefficient (Wildman–Crippen LogP) is 0.879. The number of aromatic nitrogens is 4. The van der Waals surface area contributed by atoms with Gasteiger partial charge in [0.2, 0.25) is 4.77 Å². The molecule has 0 radical (unpaired) electrons. The summed E-state index contributed by atoms with van der Waals surface area (Å²) in [4.78, 5) is 0. The van der Waals surface area contributed by atoms with Crippen LogP contribution in [0.25, 0.3) is 0 Å². The van der Waals surface area contributed by atoms with Crippen molar-refractivity contribution in [2.24, 2.45) is 0 Å². The van der Waals surface area contributed by atoms with Gasteiger partial charge in [0.25, 0.3) is 0 Å². The van der Waals surface area contributed by atoms with Crippen molar-refractivity contribution in [3.8, 4) is 0 Å². The van der Waals surface area contributed by atoms with Gasteiger partial charge in [0.15, 0.2) is 6.29 Å². The summed E-state index contributed by atoms with van der Waals surface area (Å²) >= 11 is 4.77. The highest BCUT2D eigenvalue weighted by Crippen LogP contribution is 2.13. The molecule has 1 N–H and O–H groups in total. The monoisotopic (exact) mass is 234 g/mol. The molecule has 1 fully saturated rings. The predicted molar refractivity (Wildman–Crippen MR) is 54.7 cm³/mol. The van der Waals surface area contributed by atoms with E-state index < -0.39 is 19.3 Å². The Bertz CT molecular complexity index is 485. The van der Waals surface area contributed by atoms with E-state index in [1.54, 1.807) is 0 Å². The summed E-state index contributed by atoms with van der Waals surface area (Å²) in [6, 6.07) is 0. The summed E-state index contributed by atoms with van der Waals surface area (Å²) in [7, 11) is 0. The first-order chi connectivity index (χ1) is 8.84. The van der Waals surface area contributed by atoms with Gasteiger partial charge in [-0.05, 0) is 31.5 Å². The Morgan fingerprint density at radius 1 is 1.73 bits per heavy atom. The van der Waals surface area contributed by atoms with Crippen molar-refractivity contribution in [2.45, 2.75) is 32.0 Å². The Balaban J connectivity index is 2.17. The smallest absolute Gasteiger partial charge is 0.238 e. The van der Waals surface area contributed by atoms with Crippen LogP contribution in [-0.4, -0.2) is 39.7 Å². The number of tetrazole rings is 1. The number of hydrogen-bond donors (Lipinski definition) is 1. The van der Waals surface area contributed by atoms with Crippen LogP contribution in [-0.2, 0) is 16.0 Å². The Hall–Kier alpha value is -0.790. The SMILES string of the molecule is [2H]C([2H])(OC1CCCCO1)C([2H])([2H])n1[nH]nnc1=S. The van der Waals surface area contributed by atoms with Crippen LogP contribution in [0.2, 0.25) is 0 Å². The standard InChI is InChI=1S/C8H14N4O2S/c15-8-9-10-11-12(8)4-6-14-7-3-1-2-5-13-7/h7H,1-6H2,(H,9,11,15)/i4D2,6D2. The van der Waals surface area contributed by atoms with Crippen LogP contribution in [0.4, 0.5) is 0 Å². The van der Waals surface area contributed by atoms with Crippen LogP contribution < -0.4 is 0 Å². The topological polar surface area (TPSA) is 65.0 Å². The normalized spacial score (nSPS) is 27.6. The molecule has 0 aromatic carbocycles. The maximum Gasteiger partial charge on any atom is 0.238 e. The van der Waals surface area contributed by atoms with Crippen molar-refractivity contribution < 1.29 is 15.0 Å². The minimum absolute atomic E-state index is 0.193. The average Bonchev–Trinajstić information content (AvgIpc) is 2.76. The number of nitrogens with zero attached hydrogens (tertiary/aromatic N) is 3. The minimum Gasteiger partial charge on any atom is -0.353 e. The molecule has 0 spiro atoms. The Morgan fingerprint density at radius 3 is 3.33 bits per heavy atom. The molecule has 1 unspecified atom stereocenters. The molecule has 7 heteroatoms. The number of H-pyrrole nitrogens is 1. The van der Waals surface area contributed by atoms with E-state index in [0.717, 1.165) is 12.8 Å². The fourth-order valence-electron chi connectivity index (χ4n) is 1.21. The minimum atomic E-state index is -2.64. The van der Waals surface area contributed by atoms with Gasteiger partial charge in [-0.25, -0.2) is 4.68 Å². The summed E-state index contributed by atoms with van der Waals surface area (Å²) in [5, 5.41) is 8.97. The molecule has 0 saturated carbocycles. The molecule has 1 aliphatic heterocycles. The van der Waals surface area contributed by atoms with E-state index in [2.05, 4.69) is 15.5 Å². The molecular formula is C8H14N4O2S. The Morgan fingerprint density at radius 2 is 2.67 bits per heavy atom. The number of aromatic amines is 1.